The van der Waals surface area contributed by atoms with Gasteiger partial charge in [0.25, 0.3) is 0 Å². The zero-order chi connectivity index (χ0) is 12.3. The molecule has 0 spiro atoms. The van der Waals surface area contributed by atoms with Gasteiger partial charge in [0.15, 0.2) is 0 Å². The number of ether oxygens (including phenoxy) is 1. The van der Waals surface area contributed by atoms with Gasteiger partial charge in [-0.15, -0.1) is 0 Å². The molecule has 3 nitrogen and oxygen atoms in total. The molecule has 0 atom stereocenters. The van der Waals surface area contributed by atoms with E-state index in [2.05, 4.69) is 11.9 Å². The van der Waals surface area contributed by atoms with Gasteiger partial charge in [-0.1, -0.05) is 0 Å². The molecule has 2 aliphatic heterocycles. The van der Waals surface area contributed by atoms with Gasteiger partial charge in [-0.2, -0.15) is 11.8 Å². The highest BCUT2D eigenvalue weighted by Gasteiger charge is 2.28. The fourth-order valence-electron chi connectivity index (χ4n) is 2.71. The summed E-state index contributed by atoms with van der Waals surface area (Å²) >= 11 is 2.03. The molecule has 1 fully saturated rings. The lowest BCUT2D eigenvalue weighted by Crippen LogP contribution is -2.34. The first-order valence-corrected chi connectivity index (χ1v) is 7.44. The van der Waals surface area contributed by atoms with Crippen LogP contribution >= 0.6 is 11.8 Å². The van der Waals surface area contributed by atoms with Gasteiger partial charge in [0, 0.05) is 18.7 Å². The van der Waals surface area contributed by atoms with E-state index in [0.29, 0.717) is 5.92 Å². The Morgan fingerprint density at radius 1 is 1.41 bits per heavy atom. The van der Waals surface area contributed by atoms with Crippen molar-refractivity contribution < 1.29 is 9.53 Å². The van der Waals surface area contributed by atoms with Crippen LogP contribution in [-0.2, 0) is 9.53 Å². The number of likely N-dealkylation sites (N-methyl/N-ethyl adjacent to an activating group) is 1. The smallest absolute Gasteiger partial charge is 0.333 e. The highest BCUT2D eigenvalue weighted by Crippen LogP contribution is 2.33. The standard InChI is InChI=1S/C13H21NO2S/c1-14-6-3-11(13(15)16-2)12(9-14)10-4-7-17-8-5-10/h10H,3-9H2,1-2H3. The van der Waals surface area contributed by atoms with Crippen molar-refractivity contribution in [3.63, 3.8) is 0 Å². The maximum absolute atomic E-state index is 11.8. The van der Waals surface area contributed by atoms with E-state index in [1.165, 1.54) is 37.0 Å². The Hall–Kier alpha value is -0.480. The van der Waals surface area contributed by atoms with Crippen LogP contribution < -0.4 is 0 Å². The normalized spacial score (nSPS) is 23.9. The minimum absolute atomic E-state index is 0.105. The van der Waals surface area contributed by atoms with E-state index >= 15 is 0 Å². The molecule has 4 heteroatoms. The molecule has 96 valence electrons. The molecule has 0 radical (unpaired) electrons. The van der Waals surface area contributed by atoms with Gasteiger partial charge in [0.05, 0.1) is 7.11 Å². The fourth-order valence-corrected chi connectivity index (χ4v) is 3.81. The number of carbonyl (C=O) groups excluding carboxylic acids is 1. The molecular formula is C13H21NO2S. The summed E-state index contributed by atoms with van der Waals surface area (Å²) in [6.45, 7) is 1.91. The van der Waals surface area contributed by atoms with Gasteiger partial charge in [-0.25, -0.2) is 4.79 Å². The zero-order valence-electron chi connectivity index (χ0n) is 10.7. The van der Waals surface area contributed by atoms with Crippen LogP contribution in [0.15, 0.2) is 11.1 Å². The molecule has 2 heterocycles. The molecule has 2 rings (SSSR count). The van der Waals surface area contributed by atoms with Gasteiger partial charge < -0.3 is 9.64 Å². The fraction of sp³-hybridized carbons (Fsp3) is 0.769. The third-order valence-corrected chi connectivity index (χ3v) is 4.77. The van der Waals surface area contributed by atoms with Crippen LogP contribution in [0.1, 0.15) is 19.3 Å². The maximum Gasteiger partial charge on any atom is 0.333 e. The van der Waals surface area contributed by atoms with Gasteiger partial charge >= 0.3 is 5.97 Å². The Kier molecular flexibility index (Phi) is 4.51. The minimum Gasteiger partial charge on any atom is -0.466 e. The van der Waals surface area contributed by atoms with E-state index in [1.54, 1.807) is 0 Å². The van der Waals surface area contributed by atoms with Crippen molar-refractivity contribution in [1.29, 1.82) is 0 Å². The molecule has 0 aliphatic carbocycles. The van der Waals surface area contributed by atoms with Crippen molar-refractivity contribution in [3.8, 4) is 0 Å². The van der Waals surface area contributed by atoms with E-state index in [9.17, 15) is 4.79 Å². The second kappa shape index (κ2) is 5.91. The highest BCUT2D eigenvalue weighted by atomic mass is 32.2. The van der Waals surface area contributed by atoms with Gasteiger partial charge in [-0.3, -0.25) is 0 Å². The molecule has 0 aromatic heterocycles. The number of esters is 1. The van der Waals surface area contributed by atoms with Crippen molar-refractivity contribution in [2.75, 3.05) is 38.8 Å². The predicted octanol–water partition coefficient (Wildman–Crippen LogP) is 1.93. The molecule has 0 bridgehead atoms. The summed E-state index contributed by atoms with van der Waals surface area (Å²) in [5.74, 6) is 2.96. The highest BCUT2D eigenvalue weighted by molar-refractivity contribution is 7.99. The topological polar surface area (TPSA) is 29.5 Å². The first kappa shape index (κ1) is 13.0. The van der Waals surface area contributed by atoms with Crippen LogP contribution in [0.3, 0.4) is 0 Å². The second-order valence-corrected chi connectivity index (χ2v) is 6.09. The summed E-state index contributed by atoms with van der Waals surface area (Å²) in [4.78, 5) is 14.1. The molecule has 0 aromatic rings. The molecule has 0 aromatic carbocycles. The molecule has 17 heavy (non-hydrogen) atoms. The average Bonchev–Trinajstić information content (AvgIpc) is 2.39. The van der Waals surface area contributed by atoms with Crippen molar-refractivity contribution in [2.45, 2.75) is 19.3 Å². The largest absolute Gasteiger partial charge is 0.466 e. The summed E-state index contributed by atoms with van der Waals surface area (Å²) in [6, 6.07) is 0. The van der Waals surface area contributed by atoms with Crippen LogP contribution in [0.2, 0.25) is 0 Å². The summed E-state index contributed by atoms with van der Waals surface area (Å²) in [5, 5.41) is 0. The van der Waals surface area contributed by atoms with Crippen molar-refractivity contribution in [3.05, 3.63) is 11.1 Å². The molecule has 2 aliphatic rings. The average molecular weight is 255 g/mol. The number of carbonyl (C=O) groups is 1. The third kappa shape index (κ3) is 3.05. The molecule has 0 N–H and O–H groups in total. The van der Waals surface area contributed by atoms with Crippen molar-refractivity contribution in [2.24, 2.45) is 5.92 Å². The van der Waals surface area contributed by atoms with Gasteiger partial charge in [0.2, 0.25) is 0 Å². The third-order valence-electron chi connectivity index (χ3n) is 3.72. The Morgan fingerprint density at radius 2 is 2.12 bits per heavy atom. The summed E-state index contributed by atoms with van der Waals surface area (Å²) in [5.41, 5.74) is 2.31. The summed E-state index contributed by atoms with van der Waals surface area (Å²) in [6.07, 6.45) is 3.28. The molecule has 0 saturated carbocycles. The predicted molar refractivity (Wildman–Crippen MR) is 71.2 cm³/mol. The van der Waals surface area contributed by atoms with Crippen LogP contribution in [0.25, 0.3) is 0 Å². The lowest BCUT2D eigenvalue weighted by atomic mass is 9.86. The van der Waals surface area contributed by atoms with E-state index in [0.717, 1.165) is 25.1 Å². The first-order chi connectivity index (χ1) is 8.22. The first-order valence-electron chi connectivity index (χ1n) is 6.29. The number of thioether (sulfide) groups is 1. The second-order valence-electron chi connectivity index (χ2n) is 4.87. The Labute approximate surface area is 108 Å². The molecule has 1 saturated heterocycles. The Morgan fingerprint density at radius 3 is 2.76 bits per heavy atom. The van der Waals surface area contributed by atoms with E-state index < -0.39 is 0 Å². The van der Waals surface area contributed by atoms with E-state index in [1.807, 2.05) is 11.8 Å². The number of methoxy groups -OCH3 is 1. The molecule has 0 unspecified atom stereocenters. The lowest BCUT2D eigenvalue weighted by Gasteiger charge is -2.33. The quantitative estimate of drug-likeness (QED) is 0.705. The Balaban J connectivity index is 2.21. The molecular weight excluding hydrogens is 234 g/mol. The summed E-state index contributed by atoms with van der Waals surface area (Å²) < 4.78 is 4.93. The van der Waals surface area contributed by atoms with Crippen LogP contribution in [0.4, 0.5) is 0 Å². The monoisotopic (exact) mass is 255 g/mol. The lowest BCUT2D eigenvalue weighted by molar-refractivity contribution is -0.136. The minimum atomic E-state index is -0.105. The SMILES string of the molecule is COC(=O)C1=C(C2CCSCC2)CN(C)CC1. The zero-order valence-corrected chi connectivity index (χ0v) is 11.5. The Bertz CT molecular complexity index is 321. The van der Waals surface area contributed by atoms with Gasteiger partial charge in [0.1, 0.15) is 0 Å². The number of hydrogen-bond donors (Lipinski definition) is 0. The van der Waals surface area contributed by atoms with Crippen molar-refractivity contribution >= 4 is 17.7 Å². The van der Waals surface area contributed by atoms with Crippen LogP contribution in [0.5, 0.6) is 0 Å². The number of nitrogens with zero attached hydrogens (tertiary/aromatic N) is 1. The summed E-state index contributed by atoms with van der Waals surface area (Å²) in [7, 11) is 3.62. The molecule has 0 amide bonds. The van der Waals surface area contributed by atoms with Crippen LogP contribution in [0, 0.1) is 5.92 Å². The maximum atomic E-state index is 11.8. The van der Waals surface area contributed by atoms with Crippen LogP contribution in [-0.4, -0.2) is 49.6 Å². The van der Waals surface area contributed by atoms with E-state index in [4.69, 9.17) is 4.74 Å². The van der Waals surface area contributed by atoms with Crippen molar-refractivity contribution in [1.82, 2.24) is 4.90 Å². The number of rotatable bonds is 2. The number of hydrogen-bond acceptors (Lipinski definition) is 4. The van der Waals surface area contributed by atoms with Gasteiger partial charge in [-0.05, 0) is 49.3 Å². The van der Waals surface area contributed by atoms with E-state index in [-0.39, 0.29) is 5.97 Å².